The number of para-hydroxylation sites is 2. The molecule has 1 aliphatic rings. The summed E-state index contributed by atoms with van der Waals surface area (Å²) >= 11 is 0. The van der Waals surface area contributed by atoms with Crippen molar-refractivity contribution in [3.05, 3.63) is 84.4 Å². The highest BCUT2D eigenvalue weighted by Crippen LogP contribution is 2.32. The van der Waals surface area contributed by atoms with E-state index in [-0.39, 0.29) is 18.4 Å². The Morgan fingerprint density at radius 1 is 0.971 bits per heavy atom. The van der Waals surface area contributed by atoms with E-state index in [4.69, 9.17) is 0 Å². The number of carbonyl (C=O) groups excluding carboxylic acids is 3. The van der Waals surface area contributed by atoms with Crippen LogP contribution in [0.1, 0.15) is 19.4 Å². The summed E-state index contributed by atoms with van der Waals surface area (Å²) in [6.07, 6.45) is 0.539. The Morgan fingerprint density at radius 2 is 1.63 bits per heavy atom. The molecule has 3 N–H and O–H groups in total. The van der Waals surface area contributed by atoms with E-state index in [2.05, 4.69) is 16.0 Å². The summed E-state index contributed by atoms with van der Waals surface area (Å²) in [5.41, 5.74) is 3.83. The lowest BCUT2D eigenvalue weighted by atomic mass is 9.96. The normalized spacial score (nSPS) is 17.0. The second-order valence-corrected chi connectivity index (χ2v) is 9.04. The van der Waals surface area contributed by atoms with Crippen molar-refractivity contribution >= 4 is 29.1 Å². The molecular weight excluding hydrogens is 440 g/mol. The summed E-state index contributed by atoms with van der Waals surface area (Å²) in [5.74, 6) is -0.951. The lowest BCUT2D eigenvalue weighted by Crippen LogP contribution is -2.53. The number of nitrogens with zero attached hydrogens (tertiary/aromatic N) is 1. The molecule has 0 fully saturated rings. The minimum absolute atomic E-state index is 0.214. The van der Waals surface area contributed by atoms with Crippen molar-refractivity contribution in [2.75, 3.05) is 23.8 Å². The van der Waals surface area contributed by atoms with Gasteiger partial charge in [0.25, 0.3) is 0 Å². The molecule has 1 heterocycles. The highest BCUT2D eigenvalue weighted by atomic mass is 16.2. The maximum absolute atomic E-state index is 13.1. The summed E-state index contributed by atoms with van der Waals surface area (Å²) in [4.78, 5) is 40.0. The number of anilines is 2. The fraction of sp³-hybridized carbons (Fsp3) is 0.250. The predicted octanol–water partition coefficient (Wildman–Crippen LogP) is 3.36. The molecule has 0 saturated heterocycles. The van der Waals surface area contributed by atoms with Crippen molar-refractivity contribution in [3.63, 3.8) is 0 Å². The number of benzene rings is 3. The summed E-state index contributed by atoms with van der Waals surface area (Å²) < 4.78 is 0. The Kier molecular flexibility index (Phi) is 6.87. The SMILES string of the molecule is CC(NC(=O)CNC(=O)[C@]1(C)Cc2ccccc2N1)C(=O)N(C)c1ccccc1-c1ccccc1. The van der Waals surface area contributed by atoms with Crippen molar-refractivity contribution in [2.45, 2.75) is 31.8 Å². The molecule has 0 aliphatic carbocycles. The number of hydrogen-bond donors (Lipinski definition) is 3. The van der Waals surface area contributed by atoms with Gasteiger partial charge in [-0.15, -0.1) is 0 Å². The molecule has 0 spiro atoms. The molecule has 0 bridgehead atoms. The number of nitrogens with one attached hydrogen (secondary N) is 3. The average molecular weight is 471 g/mol. The second kappa shape index (κ2) is 10.0. The van der Waals surface area contributed by atoms with E-state index in [0.717, 1.165) is 28.1 Å². The zero-order valence-electron chi connectivity index (χ0n) is 20.2. The Balaban J connectivity index is 1.34. The van der Waals surface area contributed by atoms with Crippen LogP contribution in [0.2, 0.25) is 0 Å². The van der Waals surface area contributed by atoms with Crippen molar-refractivity contribution in [2.24, 2.45) is 0 Å². The fourth-order valence-corrected chi connectivity index (χ4v) is 4.40. The van der Waals surface area contributed by atoms with Crippen molar-refractivity contribution in [1.29, 1.82) is 0 Å². The third-order valence-electron chi connectivity index (χ3n) is 6.31. The van der Waals surface area contributed by atoms with Crippen LogP contribution < -0.4 is 20.9 Å². The van der Waals surface area contributed by atoms with Crippen LogP contribution in [0.5, 0.6) is 0 Å². The smallest absolute Gasteiger partial charge is 0.249 e. The molecule has 3 aromatic rings. The van der Waals surface area contributed by atoms with Gasteiger partial charge in [-0.05, 0) is 37.1 Å². The zero-order valence-corrected chi connectivity index (χ0v) is 20.2. The molecule has 7 heteroatoms. The Bertz CT molecular complexity index is 1220. The lowest BCUT2D eigenvalue weighted by Gasteiger charge is -2.25. The van der Waals surface area contributed by atoms with E-state index in [1.54, 1.807) is 18.9 Å². The second-order valence-electron chi connectivity index (χ2n) is 9.04. The summed E-state index contributed by atoms with van der Waals surface area (Å²) in [5, 5.41) is 8.64. The average Bonchev–Trinajstić information content (AvgIpc) is 3.24. The van der Waals surface area contributed by atoms with E-state index in [9.17, 15) is 14.4 Å². The van der Waals surface area contributed by atoms with Crippen LogP contribution in [0, 0.1) is 0 Å². The summed E-state index contributed by atoms with van der Waals surface area (Å²) in [7, 11) is 1.69. The van der Waals surface area contributed by atoms with Gasteiger partial charge in [0.2, 0.25) is 17.7 Å². The number of likely N-dealkylation sites (N-methyl/N-ethyl adjacent to an activating group) is 1. The van der Waals surface area contributed by atoms with Gasteiger partial charge in [0.05, 0.1) is 12.2 Å². The van der Waals surface area contributed by atoms with Gasteiger partial charge in [-0.3, -0.25) is 14.4 Å². The van der Waals surface area contributed by atoms with Crippen LogP contribution in [-0.2, 0) is 20.8 Å². The number of hydrogen-bond acceptors (Lipinski definition) is 4. The molecule has 1 unspecified atom stereocenters. The van der Waals surface area contributed by atoms with Gasteiger partial charge in [-0.2, -0.15) is 0 Å². The highest BCUT2D eigenvalue weighted by Gasteiger charge is 2.39. The molecule has 0 saturated carbocycles. The molecule has 35 heavy (non-hydrogen) atoms. The molecule has 0 aromatic heterocycles. The molecule has 4 rings (SSSR count). The maximum atomic E-state index is 13.1. The monoisotopic (exact) mass is 470 g/mol. The molecule has 7 nitrogen and oxygen atoms in total. The molecule has 2 atom stereocenters. The minimum atomic E-state index is -0.827. The number of rotatable bonds is 7. The van der Waals surface area contributed by atoms with Gasteiger partial charge < -0.3 is 20.9 Å². The lowest BCUT2D eigenvalue weighted by molar-refractivity contribution is -0.129. The van der Waals surface area contributed by atoms with Crippen LogP contribution in [0.3, 0.4) is 0 Å². The van der Waals surface area contributed by atoms with E-state index >= 15 is 0 Å². The first-order chi connectivity index (χ1) is 16.8. The van der Waals surface area contributed by atoms with Gasteiger partial charge >= 0.3 is 0 Å². The van der Waals surface area contributed by atoms with Crippen LogP contribution in [0.15, 0.2) is 78.9 Å². The van der Waals surface area contributed by atoms with Gasteiger partial charge in [0, 0.05) is 24.7 Å². The Hall–Kier alpha value is -4.13. The topological polar surface area (TPSA) is 90.5 Å². The summed E-state index contributed by atoms with van der Waals surface area (Å²) in [6.45, 7) is 3.24. The van der Waals surface area contributed by atoms with Crippen molar-refractivity contribution < 1.29 is 14.4 Å². The van der Waals surface area contributed by atoms with Gasteiger partial charge in [0.1, 0.15) is 11.6 Å². The van der Waals surface area contributed by atoms with Crippen LogP contribution in [-0.4, -0.2) is 42.9 Å². The Labute approximate surface area is 205 Å². The van der Waals surface area contributed by atoms with Gasteiger partial charge in [-0.25, -0.2) is 0 Å². The first-order valence-corrected chi connectivity index (χ1v) is 11.6. The van der Waals surface area contributed by atoms with Crippen molar-refractivity contribution in [3.8, 4) is 11.1 Å². The first kappa shape index (κ1) is 24.0. The molecule has 3 aromatic carbocycles. The third-order valence-corrected chi connectivity index (χ3v) is 6.31. The molecule has 3 amide bonds. The first-order valence-electron chi connectivity index (χ1n) is 11.6. The van der Waals surface area contributed by atoms with Gasteiger partial charge in [-0.1, -0.05) is 66.7 Å². The Morgan fingerprint density at radius 3 is 2.37 bits per heavy atom. The van der Waals surface area contributed by atoms with Gasteiger partial charge in [0.15, 0.2) is 0 Å². The molecular formula is C28H30N4O3. The van der Waals surface area contributed by atoms with E-state index in [1.807, 2.05) is 85.8 Å². The summed E-state index contributed by atoms with van der Waals surface area (Å²) in [6, 6.07) is 24.5. The van der Waals surface area contributed by atoms with E-state index < -0.39 is 17.5 Å². The maximum Gasteiger partial charge on any atom is 0.249 e. The van der Waals surface area contributed by atoms with E-state index in [1.165, 1.54) is 0 Å². The number of carbonyl (C=O) groups is 3. The predicted molar refractivity (Wildman–Crippen MR) is 138 cm³/mol. The zero-order chi connectivity index (χ0) is 25.0. The largest absolute Gasteiger partial charge is 0.371 e. The third kappa shape index (κ3) is 5.19. The number of fused-ring (bicyclic) bond motifs is 1. The number of amides is 3. The molecule has 0 radical (unpaired) electrons. The highest BCUT2D eigenvalue weighted by molar-refractivity contribution is 6.02. The quantitative estimate of drug-likeness (QED) is 0.494. The van der Waals surface area contributed by atoms with Crippen molar-refractivity contribution in [1.82, 2.24) is 10.6 Å². The van der Waals surface area contributed by atoms with Crippen LogP contribution in [0.25, 0.3) is 11.1 Å². The van der Waals surface area contributed by atoms with Crippen LogP contribution in [0.4, 0.5) is 11.4 Å². The minimum Gasteiger partial charge on any atom is -0.371 e. The molecule has 1 aliphatic heterocycles. The fourth-order valence-electron chi connectivity index (χ4n) is 4.40. The standard InChI is InChI=1S/C28H30N4O3/c1-19(26(34)32(3)24-16-10-8-14-22(24)20-11-5-4-6-12-20)30-25(33)18-29-27(35)28(2)17-21-13-7-9-15-23(21)31-28/h4-16,19,31H,17-18H2,1-3H3,(H,29,35)(H,30,33)/t19?,28-/m0/s1. The van der Waals surface area contributed by atoms with Crippen LogP contribution >= 0.6 is 0 Å². The van der Waals surface area contributed by atoms with E-state index in [0.29, 0.717) is 6.42 Å². The molecule has 180 valence electrons.